The van der Waals surface area contributed by atoms with E-state index in [2.05, 4.69) is 20.3 Å². The SMILES string of the molecule is CC(C)c1nc(Nc2nccs2)nc(-c2ccc(F)cc2)c1/C=C/[C@@H](O)C[C@@H](O)CC(=O)O. The number of halogens is 1. The van der Waals surface area contributed by atoms with Crippen molar-refractivity contribution in [2.75, 3.05) is 5.32 Å². The molecule has 0 amide bonds. The summed E-state index contributed by atoms with van der Waals surface area (Å²) in [6.45, 7) is 3.93. The summed E-state index contributed by atoms with van der Waals surface area (Å²) in [4.78, 5) is 24.2. The van der Waals surface area contributed by atoms with Gasteiger partial charge < -0.3 is 20.6 Å². The molecule has 0 bridgehead atoms. The first-order valence-electron chi connectivity index (χ1n) is 10.3. The lowest BCUT2D eigenvalue weighted by molar-refractivity contribution is -0.139. The number of hydrogen-bond donors (Lipinski definition) is 4. The van der Waals surface area contributed by atoms with Crippen LogP contribution in [0, 0.1) is 5.82 Å². The number of carbonyl (C=O) groups is 1. The van der Waals surface area contributed by atoms with Crippen molar-refractivity contribution < 1.29 is 24.5 Å². The lowest BCUT2D eigenvalue weighted by Crippen LogP contribution is -2.19. The fourth-order valence-electron chi connectivity index (χ4n) is 3.21. The number of carboxylic acid groups (broad SMARTS) is 1. The van der Waals surface area contributed by atoms with Gasteiger partial charge in [0, 0.05) is 29.1 Å². The van der Waals surface area contributed by atoms with Gasteiger partial charge in [-0.1, -0.05) is 26.0 Å². The number of thiazole rings is 1. The number of aliphatic hydroxyl groups is 2. The molecule has 0 saturated carbocycles. The molecule has 10 heteroatoms. The van der Waals surface area contributed by atoms with Crippen LogP contribution in [-0.2, 0) is 4.79 Å². The minimum Gasteiger partial charge on any atom is -0.481 e. The lowest BCUT2D eigenvalue weighted by atomic mass is 9.97. The molecule has 0 aliphatic carbocycles. The molecular formula is C23H25FN4O4S. The molecule has 0 aliphatic rings. The normalized spacial score (nSPS) is 13.4. The maximum Gasteiger partial charge on any atom is 0.305 e. The second-order valence-electron chi connectivity index (χ2n) is 7.73. The van der Waals surface area contributed by atoms with Crippen LogP contribution in [0.5, 0.6) is 0 Å². The molecule has 1 aromatic carbocycles. The first-order chi connectivity index (χ1) is 15.7. The topological polar surface area (TPSA) is 128 Å². The second-order valence-corrected chi connectivity index (χ2v) is 8.63. The van der Waals surface area contributed by atoms with Crippen LogP contribution in [-0.4, -0.2) is 48.4 Å². The van der Waals surface area contributed by atoms with E-state index in [1.54, 1.807) is 24.4 Å². The Kier molecular flexibility index (Phi) is 8.21. The maximum absolute atomic E-state index is 13.5. The number of benzene rings is 1. The molecular weight excluding hydrogens is 447 g/mol. The van der Waals surface area contributed by atoms with Crippen LogP contribution in [0.25, 0.3) is 17.3 Å². The number of aliphatic hydroxyl groups excluding tert-OH is 2. The van der Waals surface area contributed by atoms with Crippen LogP contribution in [0.1, 0.15) is 43.9 Å². The minimum absolute atomic E-state index is 0.0153. The van der Waals surface area contributed by atoms with Gasteiger partial charge >= 0.3 is 5.97 Å². The van der Waals surface area contributed by atoms with Gasteiger partial charge in [0.05, 0.1) is 30.0 Å². The van der Waals surface area contributed by atoms with E-state index in [9.17, 15) is 19.4 Å². The molecule has 0 saturated heterocycles. The van der Waals surface area contributed by atoms with Gasteiger partial charge in [-0.3, -0.25) is 4.79 Å². The van der Waals surface area contributed by atoms with E-state index in [0.717, 1.165) is 0 Å². The lowest BCUT2D eigenvalue weighted by Gasteiger charge is -2.17. The molecule has 33 heavy (non-hydrogen) atoms. The molecule has 174 valence electrons. The average molecular weight is 473 g/mol. The van der Waals surface area contributed by atoms with Gasteiger partial charge in [0.15, 0.2) is 5.13 Å². The summed E-state index contributed by atoms with van der Waals surface area (Å²) in [5.74, 6) is -1.20. The zero-order valence-electron chi connectivity index (χ0n) is 18.1. The second kappa shape index (κ2) is 11.1. The van der Waals surface area contributed by atoms with E-state index in [0.29, 0.717) is 33.6 Å². The summed E-state index contributed by atoms with van der Waals surface area (Å²) >= 11 is 1.40. The van der Waals surface area contributed by atoms with Crippen molar-refractivity contribution in [2.45, 2.75) is 44.8 Å². The summed E-state index contributed by atoms with van der Waals surface area (Å²) in [5.41, 5.74) is 2.51. The molecule has 0 radical (unpaired) electrons. The number of aliphatic carboxylic acids is 1. The van der Waals surface area contributed by atoms with E-state index in [-0.39, 0.29) is 18.2 Å². The average Bonchev–Trinajstić information content (AvgIpc) is 3.25. The Labute approximate surface area is 194 Å². The number of carboxylic acids is 1. The Balaban J connectivity index is 2.02. The van der Waals surface area contributed by atoms with Crippen LogP contribution in [0.15, 0.2) is 41.9 Å². The standard InChI is InChI=1S/C23H25FN4O4S/c1-13(2)20-18(8-7-16(29)11-17(30)12-19(31)32)21(14-3-5-15(24)6-4-14)27-22(26-20)28-23-25-9-10-33-23/h3-10,13,16-17,29-30H,11-12H2,1-2H3,(H,31,32)(H,25,26,27,28)/b8-7+/t16-,17-/m1/s1. The van der Waals surface area contributed by atoms with Gasteiger partial charge in [0.2, 0.25) is 5.95 Å². The van der Waals surface area contributed by atoms with E-state index in [4.69, 9.17) is 5.11 Å². The molecule has 0 fully saturated rings. The van der Waals surface area contributed by atoms with Gasteiger partial charge in [-0.15, -0.1) is 11.3 Å². The Morgan fingerprint density at radius 3 is 2.55 bits per heavy atom. The van der Waals surface area contributed by atoms with Gasteiger partial charge in [0.25, 0.3) is 0 Å². The molecule has 8 nitrogen and oxygen atoms in total. The van der Waals surface area contributed by atoms with Crippen LogP contribution in [0.4, 0.5) is 15.5 Å². The van der Waals surface area contributed by atoms with Crippen molar-refractivity contribution in [1.82, 2.24) is 15.0 Å². The largest absolute Gasteiger partial charge is 0.481 e. The van der Waals surface area contributed by atoms with Gasteiger partial charge in [-0.05, 0) is 30.2 Å². The fourth-order valence-corrected chi connectivity index (χ4v) is 3.73. The maximum atomic E-state index is 13.5. The monoisotopic (exact) mass is 472 g/mol. The van der Waals surface area contributed by atoms with Crippen LogP contribution >= 0.6 is 11.3 Å². The minimum atomic E-state index is -1.18. The quantitative estimate of drug-likeness (QED) is 0.346. The number of aromatic nitrogens is 3. The number of hydrogen-bond acceptors (Lipinski definition) is 8. The highest BCUT2D eigenvalue weighted by Gasteiger charge is 2.19. The van der Waals surface area contributed by atoms with E-state index < -0.39 is 24.6 Å². The summed E-state index contributed by atoms with van der Waals surface area (Å²) in [5, 5.41) is 34.4. The predicted molar refractivity (Wildman–Crippen MR) is 125 cm³/mol. The van der Waals surface area contributed by atoms with Crippen molar-refractivity contribution in [3.63, 3.8) is 0 Å². The van der Waals surface area contributed by atoms with Crippen LogP contribution in [0.3, 0.4) is 0 Å². The zero-order chi connectivity index (χ0) is 24.0. The Hall–Kier alpha value is -3.21. The number of nitrogens with one attached hydrogen (secondary N) is 1. The highest BCUT2D eigenvalue weighted by atomic mass is 32.1. The van der Waals surface area contributed by atoms with Crippen LogP contribution in [0.2, 0.25) is 0 Å². The van der Waals surface area contributed by atoms with Crippen LogP contribution < -0.4 is 5.32 Å². The molecule has 0 aliphatic heterocycles. The summed E-state index contributed by atoms with van der Waals surface area (Å²) in [7, 11) is 0. The van der Waals surface area contributed by atoms with Crippen molar-refractivity contribution in [3.8, 4) is 11.3 Å². The third kappa shape index (κ3) is 6.88. The highest BCUT2D eigenvalue weighted by Crippen LogP contribution is 2.31. The Morgan fingerprint density at radius 2 is 1.94 bits per heavy atom. The predicted octanol–water partition coefficient (Wildman–Crippen LogP) is 4.21. The molecule has 4 N–H and O–H groups in total. The first kappa shape index (κ1) is 24.4. The first-order valence-corrected chi connectivity index (χ1v) is 11.2. The molecule has 3 rings (SSSR count). The molecule has 2 heterocycles. The smallest absolute Gasteiger partial charge is 0.305 e. The number of rotatable bonds is 10. The van der Waals surface area contributed by atoms with Crippen molar-refractivity contribution >= 4 is 34.5 Å². The van der Waals surface area contributed by atoms with Gasteiger partial charge in [-0.25, -0.2) is 19.3 Å². The van der Waals surface area contributed by atoms with Crippen molar-refractivity contribution in [2.24, 2.45) is 0 Å². The van der Waals surface area contributed by atoms with E-state index in [1.165, 1.54) is 29.5 Å². The van der Waals surface area contributed by atoms with Gasteiger partial charge in [-0.2, -0.15) is 0 Å². The Bertz CT molecular complexity index is 1100. The van der Waals surface area contributed by atoms with E-state index in [1.807, 2.05) is 19.2 Å². The summed E-state index contributed by atoms with van der Waals surface area (Å²) in [6, 6.07) is 5.90. The summed E-state index contributed by atoms with van der Waals surface area (Å²) < 4.78 is 13.5. The molecule has 2 aromatic heterocycles. The number of anilines is 2. The summed E-state index contributed by atoms with van der Waals surface area (Å²) in [6.07, 6.45) is 1.95. The zero-order valence-corrected chi connectivity index (χ0v) is 19.0. The molecule has 2 atom stereocenters. The Morgan fingerprint density at radius 1 is 1.21 bits per heavy atom. The van der Waals surface area contributed by atoms with Gasteiger partial charge in [0.1, 0.15) is 5.82 Å². The third-order valence-corrected chi connectivity index (χ3v) is 5.39. The van der Waals surface area contributed by atoms with Crippen molar-refractivity contribution in [1.29, 1.82) is 0 Å². The highest BCUT2D eigenvalue weighted by molar-refractivity contribution is 7.13. The molecule has 0 unspecified atom stereocenters. The van der Waals surface area contributed by atoms with E-state index >= 15 is 0 Å². The number of nitrogens with zero attached hydrogens (tertiary/aromatic N) is 3. The third-order valence-electron chi connectivity index (χ3n) is 4.70. The molecule has 3 aromatic rings. The van der Waals surface area contributed by atoms with Crippen molar-refractivity contribution in [3.05, 3.63) is 59.0 Å². The fraction of sp³-hybridized carbons (Fsp3) is 0.304. The molecule has 0 spiro atoms.